The van der Waals surface area contributed by atoms with E-state index in [-0.39, 0.29) is 16.6 Å². The number of hydrogen-bond acceptors (Lipinski definition) is 7. The molecule has 3 N–H and O–H groups in total. The Morgan fingerprint density at radius 1 is 1.20 bits per heavy atom. The van der Waals surface area contributed by atoms with E-state index in [4.69, 9.17) is 12.2 Å². The molecule has 2 heterocycles. The fraction of sp³-hybridized carbons (Fsp3) is 0.133. The van der Waals surface area contributed by atoms with Gasteiger partial charge in [-0.15, -0.1) is 0 Å². The molecular formula is C15H11N3O5S2. The Bertz CT molecular complexity index is 831. The number of barbiturate groups is 1. The highest BCUT2D eigenvalue weighted by Crippen LogP contribution is 2.33. The number of benzene rings is 1. The third-order valence-electron chi connectivity index (χ3n) is 3.51. The second kappa shape index (κ2) is 6.65. The SMILES string of the molecule is O=C1NC(=O)C(CN2C(=O)C(=Cc3cccc(O)c3)SC2=S)C(=O)N1. The van der Waals surface area contributed by atoms with Crippen LogP contribution in [0.15, 0.2) is 29.2 Å². The van der Waals surface area contributed by atoms with Crippen molar-refractivity contribution in [1.82, 2.24) is 15.5 Å². The molecule has 2 saturated heterocycles. The molecule has 3 rings (SSSR count). The van der Waals surface area contributed by atoms with Gasteiger partial charge < -0.3 is 5.11 Å². The van der Waals surface area contributed by atoms with Gasteiger partial charge in [-0.2, -0.15) is 0 Å². The zero-order chi connectivity index (χ0) is 18.1. The maximum Gasteiger partial charge on any atom is 0.328 e. The van der Waals surface area contributed by atoms with E-state index in [1.807, 2.05) is 10.6 Å². The zero-order valence-corrected chi connectivity index (χ0v) is 14.1. The molecule has 128 valence electrons. The molecule has 0 aromatic heterocycles. The lowest BCUT2D eigenvalue weighted by Crippen LogP contribution is -2.58. The summed E-state index contributed by atoms with van der Waals surface area (Å²) in [6.07, 6.45) is 1.56. The van der Waals surface area contributed by atoms with Gasteiger partial charge in [0.1, 0.15) is 16.0 Å². The first-order valence-corrected chi connectivity index (χ1v) is 8.27. The number of amides is 5. The van der Waals surface area contributed by atoms with Crippen molar-refractivity contribution in [3.05, 3.63) is 34.7 Å². The van der Waals surface area contributed by atoms with Crippen LogP contribution in [0.25, 0.3) is 6.08 Å². The van der Waals surface area contributed by atoms with Gasteiger partial charge in [0.15, 0.2) is 0 Å². The number of thiocarbonyl (C=S) groups is 1. The lowest BCUT2D eigenvalue weighted by Gasteiger charge is -2.24. The lowest BCUT2D eigenvalue weighted by atomic mass is 10.1. The van der Waals surface area contributed by atoms with Gasteiger partial charge in [0.2, 0.25) is 11.8 Å². The number of phenolic OH excluding ortho intramolecular Hbond substituents is 1. The predicted molar refractivity (Wildman–Crippen MR) is 93.2 cm³/mol. The van der Waals surface area contributed by atoms with Crippen molar-refractivity contribution < 1.29 is 24.3 Å². The fourth-order valence-electron chi connectivity index (χ4n) is 2.32. The number of carbonyl (C=O) groups excluding carboxylic acids is 4. The highest BCUT2D eigenvalue weighted by atomic mass is 32.2. The summed E-state index contributed by atoms with van der Waals surface area (Å²) in [5.41, 5.74) is 0.610. The molecule has 0 aliphatic carbocycles. The number of phenols is 1. The summed E-state index contributed by atoms with van der Waals surface area (Å²) in [4.78, 5) is 48.6. The summed E-state index contributed by atoms with van der Waals surface area (Å²) in [7, 11) is 0. The summed E-state index contributed by atoms with van der Waals surface area (Å²) < 4.78 is 0.203. The van der Waals surface area contributed by atoms with E-state index in [0.717, 1.165) is 16.7 Å². The number of urea groups is 1. The number of imide groups is 2. The van der Waals surface area contributed by atoms with E-state index in [1.54, 1.807) is 18.2 Å². The van der Waals surface area contributed by atoms with Gasteiger partial charge in [-0.05, 0) is 23.8 Å². The second-order valence-electron chi connectivity index (χ2n) is 5.25. The first-order valence-electron chi connectivity index (χ1n) is 7.05. The Morgan fingerprint density at radius 3 is 2.52 bits per heavy atom. The molecule has 0 unspecified atom stereocenters. The third kappa shape index (κ3) is 3.54. The average molecular weight is 377 g/mol. The summed E-state index contributed by atoms with van der Waals surface area (Å²) in [6.45, 7) is -0.257. The number of hydrogen-bond donors (Lipinski definition) is 3. The lowest BCUT2D eigenvalue weighted by molar-refractivity contribution is -0.136. The van der Waals surface area contributed by atoms with E-state index in [1.165, 1.54) is 12.1 Å². The van der Waals surface area contributed by atoms with Gasteiger partial charge in [0, 0.05) is 6.54 Å². The van der Waals surface area contributed by atoms with Crippen LogP contribution >= 0.6 is 24.0 Å². The molecular weight excluding hydrogens is 366 g/mol. The number of aromatic hydroxyl groups is 1. The van der Waals surface area contributed by atoms with E-state index in [2.05, 4.69) is 0 Å². The van der Waals surface area contributed by atoms with Crippen molar-refractivity contribution in [1.29, 1.82) is 0 Å². The highest BCUT2D eigenvalue weighted by molar-refractivity contribution is 8.26. The first kappa shape index (κ1) is 17.1. The summed E-state index contributed by atoms with van der Waals surface area (Å²) >= 11 is 6.18. The van der Waals surface area contributed by atoms with E-state index < -0.39 is 29.7 Å². The highest BCUT2D eigenvalue weighted by Gasteiger charge is 2.40. The zero-order valence-electron chi connectivity index (χ0n) is 12.5. The Hall–Kier alpha value is -2.72. The van der Waals surface area contributed by atoms with Crippen LogP contribution in [0, 0.1) is 5.92 Å². The molecule has 2 aliphatic heterocycles. The molecule has 0 bridgehead atoms. The summed E-state index contributed by atoms with van der Waals surface area (Å²) in [6, 6.07) is 5.44. The van der Waals surface area contributed by atoms with Crippen LogP contribution in [-0.2, 0) is 14.4 Å². The third-order valence-corrected chi connectivity index (χ3v) is 4.89. The van der Waals surface area contributed by atoms with Gasteiger partial charge in [0.05, 0.1) is 4.91 Å². The molecule has 0 atom stereocenters. The van der Waals surface area contributed by atoms with Gasteiger partial charge in [0.25, 0.3) is 5.91 Å². The summed E-state index contributed by atoms with van der Waals surface area (Å²) in [5, 5.41) is 13.4. The van der Waals surface area contributed by atoms with Crippen molar-refractivity contribution in [2.45, 2.75) is 0 Å². The normalized spacial score (nSPS) is 20.2. The molecule has 25 heavy (non-hydrogen) atoms. The molecule has 0 spiro atoms. The first-order chi connectivity index (χ1) is 11.8. The minimum Gasteiger partial charge on any atom is -0.508 e. The Labute approximate surface area is 151 Å². The minimum absolute atomic E-state index is 0.0597. The Kier molecular flexibility index (Phi) is 4.55. The Morgan fingerprint density at radius 2 is 1.88 bits per heavy atom. The van der Waals surface area contributed by atoms with E-state index in [0.29, 0.717) is 10.5 Å². The van der Waals surface area contributed by atoms with Crippen molar-refractivity contribution in [2.75, 3.05) is 6.54 Å². The smallest absolute Gasteiger partial charge is 0.328 e. The van der Waals surface area contributed by atoms with Gasteiger partial charge >= 0.3 is 6.03 Å². The molecule has 10 heteroatoms. The van der Waals surface area contributed by atoms with Crippen LogP contribution in [0.1, 0.15) is 5.56 Å². The van der Waals surface area contributed by atoms with Crippen LogP contribution in [0.2, 0.25) is 0 Å². The van der Waals surface area contributed by atoms with Crippen molar-refractivity contribution >= 4 is 58.1 Å². The maximum atomic E-state index is 12.5. The van der Waals surface area contributed by atoms with Crippen LogP contribution in [-0.4, -0.2) is 44.6 Å². The molecule has 2 aliphatic rings. The fourth-order valence-corrected chi connectivity index (χ4v) is 3.60. The molecule has 8 nitrogen and oxygen atoms in total. The molecule has 0 radical (unpaired) electrons. The van der Waals surface area contributed by atoms with Crippen LogP contribution in [0.3, 0.4) is 0 Å². The Balaban J connectivity index is 1.79. The van der Waals surface area contributed by atoms with E-state index in [9.17, 15) is 24.3 Å². The van der Waals surface area contributed by atoms with Crippen LogP contribution < -0.4 is 10.6 Å². The molecule has 0 saturated carbocycles. The van der Waals surface area contributed by atoms with Gasteiger partial charge in [-0.1, -0.05) is 36.1 Å². The van der Waals surface area contributed by atoms with Gasteiger partial charge in [-0.25, -0.2) is 4.79 Å². The van der Waals surface area contributed by atoms with Crippen LogP contribution in [0.4, 0.5) is 4.79 Å². The topological polar surface area (TPSA) is 116 Å². The van der Waals surface area contributed by atoms with Crippen molar-refractivity contribution in [3.63, 3.8) is 0 Å². The number of carbonyl (C=O) groups is 4. The predicted octanol–water partition coefficient (Wildman–Crippen LogP) is 0.576. The quantitative estimate of drug-likeness (QED) is 0.401. The second-order valence-corrected chi connectivity index (χ2v) is 6.92. The van der Waals surface area contributed by atoms with Crippen molar-refractivity contribution in [2.24, 2.45) is 5.92 Å². The number of nitrogens with zero attached hydrogens (tertiary/aromatic N) is 1. The number of thioether (sulfide) groups is 1. The van der Waals surface area contributed by atoms with E-state index >= 15 is 0 Å². The average Bonchev–Trinajstić information content (AvgIpc) is 2.77. The standard InChI is InChI=1S/C15H11N3O5S2/c19-8-3-1-2-7(4-8)5-10-13(22)18(15(24)25-10)6-9-11(20)16-14(23)17-12(9)21/h1-5,9,19H,6H2,(H2,16,17,20,21,23). The van der Waals surface area contributed by atoms with Gasteiger partial charge in [-0.3, -0.25) is 29.9 Å². The number of rotatable bonds is 3. The molecule has 1 aromatic carbocycles. The maximum absolute atomic E-state index is 12.5. The largest absolute Gasteiger partial charge is 0.508 e. The molecule has 5 amide bonds. The number of nitrogens with one attached hydrogen (secondary N) is 2. The van der Waals surface area contributed by atoms with Crippen LogP contribution in [0.5, 0.6) is 5.75 Å². The molecule has 2 fully saturated rings. The monoisotopic (exact) mass is 377 g/mol. The van der Waals surface area contributed by atoms with Crippen molar-refractivity contribution in [3.8, 4) is 5.75 Å². The summed E-state index contributed by atoms with van der Waals surface area (Å²) in [5.74, 6) is -3.17. The minimum atomic E-state index is -1.22. The molecule has 1 aromatic rings.